The molecule has 3 rings (SSSR count). The van der Waals surface area contributed by atoms with Crippen LogP contribution >= 0.6 is 15.9 Å². The Morgan fingerprint density at radius 3 is 2.89 bits per heavy atom. The van der Waals surface area contributed by atoms with Crippen molar-refractivity contribution in [1.82, 2.24) is 19.6 Å². The van der Waals surface area contributed by atoms with Gasteiger partial charge < -0.3 is 0 Å². The summed E-state index contributed by atoms with van der Waals surface area (Å²) >= 11 is 3.36. The van der Waals surface area contributed by atoms with Crippen molar-refractivity contribution < 1.29 is 4.79 Å². The van der Waals surface area contributed by atoms with Crippen LogP contribution in [0.2, 0.25) is 0 Å². The highest BCUT2D eigenvalue weighted by Gasteiger charge is 2.10. The Balaban J connectivity index is 1.90. The molecule has 3 aromatic rings. The van der Waals surface area contributed by atoms with Gasteiger partial charge in [0.25, 0.3) is 5.91 Å². The molecule has 0 saturated heterocycles. The molecule has 0 saturated carbocycles. The van der Waals surface area contributed by atoms with E-state index in [2.05, 4.69) is 36.3 Å². The standard InChI is InChI=1S/C12H8BrN5O/c13-9-4-1-5-10-15-12(17-18(9)10)16-11(19)8-3-2-6-14-7-8/h1-7H,(H,16,17,19). The van der Waals surface area contributed by atoms with Crippen LogP contribution in [0.4, 0.5) is 5.95 Å². The van der Waals surface area contributed by atoms with Crippen molar-refractivity contribution in [3.8, 4) is 0 Å². The van der Waals surface area contributed by atoms with Gasteiger partial charge in [-0.1, -0.05) is 6.07 Å². The molecule has 0 unspecified atom stereocenters. The second kappa shape index (κ2) is 4.77. The number of carbonyl (C=O) groups excluding carboxylic acids is 1. The molecule has 0 aliphatic rings. The summed E-state index contributed by atoms with van der Waals surface area (Å²) in [5, 5.41) is 6.82. The predicted molar refractivity (Wildman–Crippen MR) is 72.9 cm³/mol. The summed E-state index contributed by atoms with van der Waals surface area (Å²) < 4.78 is 2.36. The average Bonchev–Trinajstić information content (AvgIpc) is 2.84. The molecule has 94 valence electrons. The van der Waals surface area contributed by atoms with Crippen LogP contribution in [0.15, 0.2) is 47.3 Å². The number of halogens is 1. The van der Waals surface area contributed by atoms with Crippen molar-refractivity contribution >= 4 is 33.4 Å². The fourth-order valence-corrected chi connectivity index (χ4v) is 2.01. The maximum Gasteiger partial charge on any atom is 0.259 e. The van der Waals surface area contributed by atoms with Gasteiger partial charge in [-0.05, 0) is 40.2 Å². The molecule has 1 amide bonds. The molecular weight excluding hydrogens is 310 g/mol. The summed E-state index contributed by atoms with van der Waals surface area (Å²) in [6.45, 7) is 0. The topological polar surface area (TPSA) is 72.2 Å². The van der Waals surface area contributed by atoms with Gasteiger partial charge in [-0.15, -0.1) is 5.10 Å². The van der Waals surface area contributed by atoms with Gasteiger partial charge in [-0.2, -0.15) is 4.98 Å². The Bertz CT molecular complexity index is 740. The molecule has 7 heteroatoms. The quantitative estimate of drug-likeness (QED) is 0.735. The van der Waals surface area contributed by atoms with Crippen LogP contribution in [0.25, 0.3) is 5.65 Å². The van der Waals surface area contributed by atoms with Crippen LogP contribution in [0.1, 0.15) is 10.4 Å². The van der Waals surface area contributed by atoms with E-state index in [1.807, 2.05) is 12.1 Å². The van der Waals surface area contributed by atoms with Crippen molar-refractivity contribution in [1.29, 1.82) is 0 Å². The van der Waals surface area contributed by atoms with Crippen LogP contribution in [0.3, 0.4) is 0 Å². The number of fused-ring (bicyclic) bond motifs is 1. The first-order valence-corrected chi connectivity index (χ1v) is 6.26. The van der Waals surface area contributed by atoms with Crippen LogP contribution in [-0.2, 0) is 0 Å². The highest BCUT2D eigenvalue weighted by molar-refractivity contribution is 9.10. The number of anilines is 1. The summed E-state index contributed by atoms with van der Waals surface area (Å²) in [5.74, 6) is -0.0409. The van der Waals surface area contributed by atoms with Crippen molar-refractivity contribution in [3.05, 3.63) is 52.9 Å². The third-order valence-corrected chi connectivity index (χ3v) is 3.06. The molecule has 1 N–H and O–H groups in total. The van der Waals surface area contributed by atoms with Gasteiger partial charge in [0.05, 0.1) is 5.56 Å². The monoisotopic (exact) mass is 317 g/mol. The number of hydrogen-bond donors (Lipinski definition) is 1. The third kappa shape index (κ3) is 2.32. The number of carbonyl (C=O) groups is 1. The zero-order valence-electron chi connectivity index (χ0n) is 9.62. The molecular formula is C12H8BrN5O. The van der Waals surface area contributed by atoms with Gasteiger partial charge >= 0.3 is 0 Å². The molecule has 6 nitrogen and oxygen atoms in total. The number of amides is 1. The first kappa shape index (κ1) is 11.8. The first-order chi connectivity index (χ1) is 9.24. The summed E-state index contributed by atoms with van der Waals surface area (Å²) in [6, 6.07) is 8.86. The van der Waals surface area contributed by atoms with Crippen LogP contribution in [0.5, 0.6) is 0 Å². The zero-order valence-corrected chi connectivity index (χ0v) is 11.2. The highest BCUT2D eigenvalue weighted by atomic mass is 79.9. The zero-order chi connectivity index (χ0) is 13.2. The number of pyridine rings is 2. The van der Waals surface area contributed by atoms with Gasteiger partial charge in [-0.25, -0.2) is 4.52 Å². The minimum absolute atomic E-state index is 0.251. The number of hydrogen-bond acceptors (Lipinski definition) is 4. The van der Waals surface area contributed by atoms with Gasteiger partial charge in [-0.3, -0.25) is 15.1 Å². The molecule has 0 aliphatic carbocycles. The third-order valence-electron chi connectivity index (χ3n) is 2.46. The van der Waals surface area contributed by atoms with E-state index in [0.29, 0.717) is 11.2 Å². The minimum Gasteiger partial charge on any atom is -0.289 e. The smallest absolute Gasteiger partial charge is 0.259 e. The Kier molecular flexibility index (Phi) is 2.96. The first-order valence-electron chi connectivity index (χ1n) is 5.47. The lowest BCUT2D eigenvalue weighted by atomic mass is 10.3. The van der Waals surface area contributed by atoms with E-state index in [4.69, 9.17) is 0 Å². The van der Waals surface area contributed by atoms with E-state index < -0.39 is 0 Å². The largest absolute Gasteiger partial charge is 0.289 e. The molecule has 0 atom stereocenters. The Morgan fingerprint density at radius 1 is 1.26 bits per heavy atom. The molecule has 0 aromatic carbocycles. The normalized spacial score (nSPS) is 10.6. The molecule has 0 aliphatic heterocycles. The fourth-order valence-electron chi connectivity index (χ4n) is 1.60. The molecule has 3 heterocycles. The predicted octanol–water partition coefficient (Wildman–Crippen LogP) is 2.14. The fraction of sp³-hybridized carbons (Fsp3) is 0. The van der Waals surface area contributed by atoms with E-state index in [9.17, 15) is 4.79 Å². The second-order valence-electron chi connectivity index (χ2n) is 3.75. The van der Waals surface area contributed by atoms with Crippen LogP contribution in [0, 0.1) is 0 Å². The van der Waals surface area contributed by atoms with Crippen molar-refractivity contribution in [2.75, 3.05) is 5.32 Å². The van der Waals surface area contributed by atoms with Crippen LogP contribution < -0.4 is 5.32 Å². The molecule has 0 radical (unpaired) electrons. The molecule has 0 fully saturated rings. The maximum absolute atomic E-state index is 11.9. The van der Waals surface area contributed by atoms with E-state index in [-0.39, 0.29) is 11.9 Å². The van der Waals surface area contributed by atoms with Crippen molar-refractivity contribution in [2.24, 2.45) is 0 Å². The van der Waals surface area contributed by atoms with Crippen LogP contribution in [-0.4, -0.2) is 25.5 Å². The molecule has 3 aromatic heterocycles. The molecule has 0 spiro atoms. The molecule has 0 bridgehead atoms. The van der Waals surface area contributed by atoms with E-state index >= 15 is 0 Å². The Hall–Kier alpha value is -2.28. The lowest BCUT2D eigenvalue weighted by Crippen LogP contribution is -2.13. The second-order valence-corrected chi connectivity index (χ2v) is 4.56. The van der Waals surface area contributed by atoms with E-state index in [1.165, 1.54) is 6.20 Å². The summed E-state index contributed by atoms with van der Waals surface area (Å²) in [5.41, 5.74) is 1.11. The maximum atomic E-state index is 11.9. The number of nitrogens with one attached hydrogen (secondary N) is 1. The summed E-state index contributed by atoms with van der Waals surface area (Å²) in [4.78, 5) is 20.0. The summed E-state index contributed by atoms with van der Waals surface area (Å²) in [7, 11) is 0. The van der Waals surface area contributed by atoms with Crippen molar-refractivity contribution in [2.45, 2.75) is 0 Å². The Labute approximate surface area is 116 Å². The SMILES string of the molecule is O=C(Nc1nc2cccc(Br)n2n1)c1cccnc1. The minimum atomic E-state index is -0.292. The number of rotatable bonds is 2. The van der Waals surface area contributed by atoms with E-state index in [1.54, 1.807) is 28.9 Å². The number of nitrogens with zero attached hydrogens (tertiary/aromatic N) is 4. The van der Waals surface area contributed by atoms with Gasteiger partial charge in [0.2, 0.25) is 5.95 Å². The lowest BCUT2D eigenvalue weighted by molar-refractivity contribution is 0.102. The van der Waals surface area contributed by atoms with Crippen molar-refractivity contribution in [3.63, 3.8) is 0 Å². The lowest BCUT2D eigenvalue weighted by Gasteiger charge is -1.98. The average molecular weight is 318 g/mol. The Morgan fingerprint density at radius 2 is 2.16 bits per heavy atom. The molecule has 19 heavy (non-hydrogen) atoms. The van der Waals surface area contributed by atoms with Gasteiger partial charge in [0.1, 0.15) is 4.60 Å². The number of aromatic nitrogens is 4. The summed E-state index contributed by atoms with van der Waals surface area (Å²) in [6.07, 6.45) is 3.10. The van der Waals surface area contributed by atoms with E-state index in [0.717, 1.165) is 4.60 Å². The van der Waals surface area contributed by atoms with Gasteiger partial charge in [0.15, 0.2) is 5.65 Å². The van der Waals surface area contributed by atoms with Gasteiger partial charge in [0, 0.05) is 12.4 Å². The highest BCUT2D eigenvalue weighted by Crippen LogP contribution is 2.13.